The molecule has 1 aromatic rings. The largest absolute Gasteiger partial charge is 0.378 e. The lowest BCUT2D eigenvalue weighted by Crippen LogP contribution is -2.53. The topological polar surface area (TPSA) is 74.4 Å². The summed E-state index contributed by atoms with van der Waals surface area (Å²) in [5, 5.41) is 2.81. The number of amides is 2. The van der Waals surface area contributed by atoms with Crippen LogP contribution in [0.25, 0.3) is 0 Å². The highest BCUT2D eigenvalue weighted by Gasteiger charge is 2.29. The Bertz CT molecular complexity index is 450. The van der Waals surface area contributed by atoms with Gasteiger partial charge in [0.2, 0.25) is 5.91 Å². The molecular weight excluding hydrogens is 258 g/mol. The summed E-state index contributed by atoms with van der Waals surface area (Å²) in [5.74, 6) is -0.261. The van der Waals surface area contributed by atoms with Gasteiger partial charge in [0.15, 0.2) is 0 Å². The van der Waals surface area contributed by atoms with Crippen LogP contribution < -0.4 is 5.32 Å². The van der Waals surface area contributed by atoms with Crippen LogP contribution in [0, 0.1) is 5.92 Å². The number of carbonyl (C=O) groups is 2. The van der Waals surface area contributed by atoms with E-state index in [4.69, 9.17) is 4.74 Å². The number of ether oxygens (including phenoxy) is 1. The van der Waals surface area contributed by atoms with Gasteiger partial charge < -0.3 is 19.9 Å². The molecule has 0 bridgehead atoms. The third-order valence-electron chi connectivity index (χ3n) is 3.38. The monoisotopic (exact) mass is 279 g/mol. The number of rotatable bonds is 4. The van der Waals surface area contributed by atoms with Crippen molar-refractivity contribution in [3.05, 3.63) is 24.0 Å². The first-order valence-corrected chi connectivity index (χ1v) is 6.90. The Kier molecular flexibility index (Phi) is 4.79. The predicted octanol–water partition coefficient (Wildman–Crippen LogP) is 0.628. The maximum Gasteiger partial charge on any atom is 0.268 e. The molecule has 1 aliphatic rings. The van der Waals surface area contributed by atoms with Gasteiger partial charge in [0, 0.05) is 19.3 Å². The summed E-state index contributed by atoms with van der Waals surface area (Å²) < 4.78 is 5.24. The molecule has 1 fully saturated rings. The number of H-pyrrole nitrogens is 1. The minimum absolute atomic E-state index is 0.0317. The summed E-state index contributed by atoms with van der Waals surface area (Å²) in [6.45, 7) is 6.14. The van der Waals surface area contributed by atoms with Crippen molar-refractivity contribution in [1.29, 1.82) is 0 Å². The van der Waals surface area contributed by atoms with E-state index in [0.29, 0.717) is 32.0 Å². The molecule has 1 atom stereocenters. The number of morpholine rings is 1. The Morgan fingerprint density at radius 2 is 2.05 bits per heavy atom. The molecule has 0 radical (unpaired) electrons. The molecule has 6 heteroatoms. The lowest BCUT2D eigenvalue weighted by molar-refractivity contribution is -0.138. The van der Waals surface area contributed by atoms with E-state index in [1.807, 2.05) is 13.8 Å². The van der Waals surface area contributed by atoms with Crippen molar-refractivity contribution in [3.8, 4) is 0 Å². The summed E-state index contributed by atoms with van der Waals surface area (Å²) in [5.41, 5.74) is 0.463. The van der Waals surface area contributed by atoms with Gasteiger partial charge in [-0.25, -0.2) is 0 Å². The molecule has 0 aliphatic carbocycles. The van der Waals surface area contributed by atoms with Crippen LogP contribution in [0.4, 0.5) is 0 Å². The van der Waals surface area contributed by atoms with Crippen LogP contribution in [-0.4, -0.2) is 54.0 Å². The molecular formula is C14H21N3O3. The van der Waals surface area contributed by atoms with Crippen molar-refractivity contribution in [3.63, 3.8) is 0 Å². The van der Waals surface area contributed by atoms with E-state index in [1.165, 1.54) is 0 Å². The van der Waals surface area contributed by atoms with Gasteiger partial charge in [0.25, 0.3) is 5.91 Å². The molecule has 0 unspecified atom stereocenters. The van der Waals surface area contributed by atoms with Crippen LogP contribution in [0.2, 0.25) is 0 Å². The maximum absolute atomic E-state index is 12.5. The summed E-state index contributed by atoms with van der Waals surface area (Å²) in [6, 6.07) is 2.93. The molecule has 1 aliphatic heterocycles. The van der Waals surface area contributed by atoms with Crippen LogP contribution in [0.15, 0.2) is 18.3 Å². The van der Waals surface area contributed by atoms with E-state index in [1.54, 1.807) is 23.2 Å². The SMILES string of the molecule is CC(C)[C@@H](NC(=O)c1ccc[nH]1)C(=O)N1CCOCC1. The van der Waals surface area contributed by atoms with Gasteiger partial charge in [-0.1, -0.05) is 13.8 Å². The van der Waals surface area contributed by atoms with Gasteiger partial charge in [-0.15, -0.1) is 0 Å². The Morgan fingerprint density at radius 1 is 1.35 bits per heavy atom. The van der Waals surface area contributed by atoms with Crippen molar-refractivity contribution in [1.82, 2.24) is 15.2 Å². The molecule has 1 saturated heterocycles. The lowest BCUT2D eigenvalue weighted by atomic mass is 10.0. The molecule has 2 heterocycles. The van der Waals surface area contributed by atoms with Gasteiger partial charge in [-0.2, -0.15) is 0 Å². The average molecular weight is 279 g/mol. The molecule has 110 valence electrons. The quantitative estimate of drug-likeness (QED) is 0.849. The van der Waals surface area contributed by atoms with Crippen molar-refractivity contribution < 1.29 is 14.3 Å². The first kappa shape index (κ1) is 14.6. The third kappa shape index (κ3) is 3.39. The fourth-order valence-electron chi connectivity index (χ4n) is 2.18. The van der Waals surface area contributed by atoms with E-state index in [2.05, 4.69) is 10.3 Å². The zero-order chi connectivity index (χ0) is 14.5. The Morgan fingerprint density at radius 3 is 2.60 bits per heavy atom. The fraction of sp³-hybridized carbons (Fsp3) is 0.571. The van der Waals surface area contributed by atoms with Crippen LogP contribution in [0.1, 0.15) is 24.3 Å². The van der Waals surface area contributed by atoms with Crippen molar-refractivity contribution in [2.24, 2.45) is 5.92 Å². The second-order valence-electron chi connectivity index (χ2n) is 5.22. The van der Waals surface area contributed by atoms with E-state index in [-0.39, 0.29) is 17.7 Å². The first-order valence-electron chi connectivity index (χ1n) is 6.90. The number of hydrogen-bond acceptors (Lipinski definition) is 3. The van der Waals surface area contributed by atoms with Gasteiger partial charge in [0.1, 0.15) is 11.7 Å². The second-order valence-corrected chi connectivity index (χ2v) is 5.22. The maximum atomic E-state index is 12.5. The average Bonchev–Trinajstić information content (AvgIpc) is 2.98. The summed E-state index contributed by atoms with van der Waals surface area (Å²) >= 11 is 0. The van der Waals surface area contributed by atoms with Crippen molar-refractivity contribution in [2.75, 3.05) is 26.3 Å². The second kappa shape index (κ2) is 6.56. The molecule has 0 saturated carbocycles. The summed E-state index contributed by atoms with van der Waals surface area (Å²) in [7, 11) is 0. The van der Waals surface area contributed by atoms with E-state index >= 15 is 0 Å². The number of aromatic amines is 1. The molecule has 2 rings (SSSR count). The number of carbonyl (C=O) groups excluding carboxylic acids is 2. The smallest absolute Gasteiger partial charge is 0.268 e. The Balaban J connectivity index is 2.02. The van der Waals surface area contributed by atoms with Gasteiger partial charge in [0.05, 0.1) is 13.2 Å². The van der Waals surface area contributed by atoms with Crippen LogP contribution >= 0.6 is 0 Å². The van der Waals surface area contributed by atoms with E-state index in [0.717, 1.165) is 0 Å². The molecule has 0 spiro atoms. The van der Waals surface area contributed by atoms with Crippen LogP contribution in [0.5, 0.6) is 0 Å². The van der Waals surface area contributed by atoms with E-state index < -0.39 is 6.04 Å². The summed E-state index contributed by atoms with van der Waals surface area (Å²) in [4.78, 5) is 29.2. The standard InChI is InChI=1S/C14H21N3O3/c1-10(2)12(14(19)17-6-8-20-9-7-17)16-13(18)11-4-3-5-15-11/h3-5,10,12,15H,6-9H2,1-2H3,(H,16,18)/t12-/m1/s1. The molecule has 2 N–H and O–H groups in total. The van der Waals surface area contributed by atoms with Crippen molar-refractivity contribution in [2.45, 2.75) is 19.9 Å². The van der Waals surface area contributed by atoms with Crippen molar-refractivity contribution >= 4 is 11.8 Å². The highest BCUT2D eigenvalue weighted by Crippen LogP contribution is 2.09. The van der Waals surface area contributed by atoms with Crippen LogP contribution in [0.3, 0.4) is 0 Å². The minimum atomic E-state index is -0.510. The van der Waals surface area contributed by atoms with Crippen LogP contribution in [-0.2, 0) is 9.53 Å². The van der Waals surface area contributed by atoms with Gasteiger partial charge >= 0.3 is 0 Å². The summed E-state index contributed by atoms with van der Waals surface area (Å²) in [6.07, 6.45) is 1.68. The first-order chi connectivity index (χ1) is 9.59. The fourth-order valence-corrected chi connectivity index (χ4v) is 2.18. The van der Waals surface area contributed by atoms with Gasteiger partial charge in [-0.3, -0.25) is 9.59 Å². The Labute approximate surface area is 118 Å². The minimum Gasteiger partial charge on any atom is -0.378 e. The molecule has 0 aromatic carbocycles. The molecule has 6 nitrogen and oxygen atoms in total. The number of aromatic nitrogens is 1. The lowest BCUT2D eigenvalue weighted by Gasteiger charge is -2.32. The van der Waals surface area contributed by atoms with Gasteiger partial charge in [-0.05, 0) is 18.1 Å². The third-order valence-corrected chi connectivity index (χ3v) is 3.38. The predicted molar refractivity (Wildman–Crippen MR) is 74.3 cm³/mol. The van der Waals surface area contributed by atoms with E-state index in [9.17, 15) is 9.59 Å². The molecule has 2 amide bonds. The molecule has 20 heavy (non-hydrogen) atoms. The number of nitrogens with zero attached hydrogens (tertiary/aromatic N) is 1. The number of hydrogen-bond donors (Lipinski definition) is 2. The highest BCUT2D eigenvalue weighted by atomic mass is 16.5. The normalized spacial score (nSPS) is 17.1. The zero-order valence-electron chi connectivity index (χ0n) is 11.9. The Hall–Kier alpha value is -1.82. The zero-order valence-corrected chi connectivity index (χ0v) is 11.9. The highest BCUT2D eigenvalue weighted by molar-refractivity contribution is 5.96. The molecule has 1 aromatic heterocycles. The number of nitrogens with one attached hydrogen (secondary N) is 2.